The Morgan fingerprint density at radius 2 is 2.25 bits per heavy atom. The molecule has 0 spiro atoms. The van der Waals surface area contributed by atoms with E-state index in [1.54, 1.807) is 0 Å². The largest absolute Gasteiger partial charge is 0.347 e. The Kier molecular flexibility index (Phi) is 1.93. The minimum Gasteiger partial charge on any atom is -0.347 e. The number of nitrogens with zero attached hydrogens (tertiary/aromatic N) is 2. The summed E-state index contributed by atoms with van der Waals surface area (Å²) < 4.78 is 5.43. The standard InChI is InChI=1S/C10H17N3O3/c1-9(11)8(14)13-6-5-12-4-2-3-7(12)10(13,15)16-9/h7,15H,2-6,11H2,1H3/t7?,9-,10+/m1/s1. The van der Waals surface area contributed by atoms with E-state index in [-0.39, 0.29) is 11.9 Å². The van der Waals surface area contributed by atoms with Crippen LogP contribution < -0.4 is 5.73 Å². The van der Waals surface area contributed by atoms with Crippen molar-refractivity contribution in [3.05, 3.63) is 0 Å². The molecule has 3 atom stereocenters. The Morgan fingerprint density at radius 1 is 1.50 bits per heavy atom. The second kappa shape index (κ2) is 2.95. The first-order chi connectivity index (χ1) is 7.45. The zero-order valence-electron chi connectivity index (χ0n) is 9.35. The summed E-state index contributed by atoms with van der Waals surface area (Å²) in [6.07, 6.45) is 1.87. The van der Waals surface area contributed by atoms with Crippen molar-refractivity contribution in [1.82, 2.24) is 9.80 Å². The summed E-state index contributed by atoms with van der Waals surface area (Å²) >= 11 is 0. The summed E-state index contributed by atoms with van der Waals surface area (Å²) in [7, 11) is 0. The lowest BCUT2D eigenvalue weighted by atomic mass is 10.1. The molecule has 3 heterocycles. The lowest BCUT2D eigenvalue weighted by Gasteiger charge is -2.45. The van der Waals surface area contributed by atoms with Crippen LogP contribution in [0.5, 0.6) is 0 Å². The monoisotopic (exact) mass is 227 g/mol. The summed E-state index contributed by atoms with van der Waals surface area (Å²) in [6, 6.07) is -0.129. The molecule has 0 bridgehead atoms. The summed E-state index contributed by atoms with van der Waals surface area (Å²) in [5.41, 5.74) is 4.36. The lowest BCUT2D eigenvalue weighted by molar-refractivity contribution is -0.309. The number of amides is 1. The van der Waals surface area contributed by atoms with Crippen LogP contribution in [0.15, 0.2) is 0 Å². The fourth-order valence-electron chi connectivity index (χ4n) is 3.08. The summed E-state index contributed by atoms with van der Waals surface area (Å²) in [5, 5.41) is 10.5. The fraction of sp³-hybridized carbons (Fsp3) is 0.900. The maximum absolute atomic E-state index is 12.0. The van der Waals surface area contributed by atoms with Gasteiger partial charge in [-0.25, -0.2) is 0 Å². The second-order valence-electron chi connectivity index (χ2n) is 5.02. The van der Waals surface area contributed by atoms with E-state index in [4.69, 9.17) is 10.5 Å². The average molecular weight is 227 g/mol. The van der Waals surface area contributed by atoms with Crippen molar-refractivity contribution in [2.45, 2.75) is 37.4 Å². The molecular formula is C10H17N3O3. The van der Waals surface area contributed by atoms with Crippen LogP contribution in [0.2, 0.25) is 0 Å². The lowest BCUT2D eigenvalue weighted by Crippen LogP contribution is -2.65. The van der Waals surface area contributed by atoms with Gasteiger partial charge in [0.15, 0.2) is 5.72 Å². The number of piperazine rings is 1. The first-order valence-corrected chi connectivity index (χ1v) is 5.73. The van der Waals surface area contributed by atoms with Crippen molar-refractivity contribution >= 4 is 5.91 Å². The minimum absolute atomic E-state index is 0.129. The summed E-state index contributed by atoms with van der Waals surface area (Å²) in [5.74, 6) is -1.84. The molecule has 3 rings (SSSR count). The predicted molar refractivity (Wildman–Crippen MR) is 54.9 cm³/mol. The second-order valence-corrected chi connectivity index (χ2v) is 5.02. The molecule has 3 saturated heterocycles. The van der Waals surface area contributed by atoms with E-state index in [0.29, 0.717) is 6.54 Å². The van der Waals surface area contributed by atoms with Crippen molar-refractivity contribution in [3.8, 4) is 0 Å². The van der Waals surface area contributed by atoms with E-state index in [1.165, 1.54) is 11.8 Å². The number of nitrogens with two attached hydrogens (primary N) is 1. The third-order valence-corrected chi connectivity index (χ3v) is 3.83. The van der Waals surface area contributed by atoms with E-state index in [1.807, 2.05) is 0 Å². The number of aliphatic hydroxyl groups is 1. The Morgan fingerprint density at radius 3 is 3.00 bits per heavy atom. The first-order valence-electron chi connectivity index (χ1n) is 5.73. The van der Waals surface area contributed by atoms with Crippen molar-refractivity contribution in [3.63, 3.8) is 0 Å². The first kappa shape index (κ1) is 10.5. The Hall–Kier alpha value is -0.690. The zero-order chi connectivity index (χ0) is 11.6. The Labute approximate surface area is 93.9 Å². The highest BCUT2D eigenvalue weighted by Gasteiger charge is 2.63. The van der Waals surface area contributed by atoms with Gasteiger partial charge in [0.2, 0.25) is 0 Å². The number of ether oxygens (including phenoxy) is 1. The van der Waals surface area contributed by atoms with Crippen molar-refractivity contribution < 1.29 is 14.6 Å². The number of carbonyl (C=O) groups excluding carboxylic acids is 1. The molecular weight excluding hydrogens is 210 g/mol. The molecule has 0 aromatic heterocycles. The van der Waals surface area contributed by atoms with Crippen molar-refractivity contribution in [2.24, 2.45) is 5.73 Å². The van der Waals surface area contributed by atoms with Gasteiger partial charge in [0.1, 0.15) is 0 Å². The van der Waals surface area contributed by atoms with E-state index < -0.39 is 11.6 Å². The Bertz CT molecular complexity index is 346. The number of hydrogen-bond donors (Lipinski definition) is 2. The maximum atomic E-state index is 12.0. The highest BCUT2D eigenvalue weighted by atomic mass is 16.7. The van der Waals surface area contributed by atoms with Crippen LogP contribution in [0.1, 0.15) is 19.8 Å². The van der Waals surface area contributed by atoms with Crippen LogP contribution in [0, 0.1) is 0 Å². The van der Waals surface area contributed by atoms with E-state index >= 15 is 0 Å². The predicted octanol–water partition coefficient (Wildman–Crippen LogP) is -1.36. The summed E-state index contributed by atoms with van der Waals surface area (Å²) in [6.45, 7) is 3.74. The molecule has 0 saturated carbocycles. The van der Waals surface area contributed by atoms with Gasteiger partial charge in [-0.1, -0.05) is 0 Å². The molecule has 0 aromatic carbocycles. The molecule has 3 aliphatic heterocycles. The Balaban J connectivity index is 1.98. The van der Waals surface area contributed by atoms with E-state index in [9.17, 15) is 9.90 Å². The molecule has 1 unspecified atom stereocenters. The van der Waals surface area contributed by atoms with Gasteiger partial charge in [0.25, 0.3) is 11.8 Å². The molecule has 16 heavy (non-hydrogen) atoms. The molecule has 0 aromatic rings. The third kappa shape index (κ3) is 1.13. The molecule has 3 fully saturated rings. The number of fused-ring (bicyclic) bond motifs is 3. The molecule has 3 aliphatic rings. The normalized spacial score (nSPS) is 48.3. The number of hydrogen-bond acceptors (Lipinski definition) is 5. The zero-order valence-corrected chi connectivity index (χ0v) is 9.35. The van der Waals surface area contributed by atoms with Crippen LogP contribution in [0.3, 0.4) is 0 Å². The van der Waals surface area contributed by atoms with Crippen LogP contribution in [0.4, 0.5) is 0 Å². The average Bonchev–Trinajstić information content (AvgIpc) is 2.70. The molecule has 6 heteroatoms. The van der Waals surface area contributed by atoms with Crippen LogP contribution in [-0.4, -0.2) is 58.1 Å². The van der Waals surface area contributed by atoms with Crippen molar-refractivity contribution in [1.29, 1.82) is 0 Å². The van der Waals surface area contributed by atoms with E-state index in [2.05, 4.69) is 4.90 Å². The van der Waals surface area contributed by atoms with Gasteiger partial charge >= 0.3 is 0 Å². The van der Waals surface area contributed by atoms with E-state index in [0.717, 1.165) is 25.9 Å². The van der Waals surface area contributed by atoms with Gasteiger partial charge in [-0.15, -0.1) is 0 Å². The molecule has 3 N–H and O–H groups in total. The van der Waals surface area contributed by atoms with Crippen LogP contribution >= 0.6 is 0 Å². The molecule has 90 valence electrons. The van der Waals surface area contributed by atoms with Gasteiger partial charge in [0.05, 0.1) is 6.04 Å². The third-order valence-electron chi connectivity index (χ3n) is 3.83. The SMILES string of the molecule is C[C@@]1(N)O[C@@]2(O)C3CCCN3CCN2C1=O. The molecule has 0 radical (unpaired) electrons. The van der Waals surface area contributed by atoms with Crippen LogP contribution in [-0.2, 0) is 9.53 Å². The quantitative estimate of drug-likeness (QED) is 0.534. The van der Waals surface area contributed by atoms with Gasteiger partial charge in [-0.05, 0) is 26.3 Å². The molecule has 0 aliphatic carbocycles. The highest BCUT2D eigenvalue weighted by Crippen LogP contribution is 2.41. The maximum Gasteiger partial charge on any atom is 0.273 e. The summed E-state index contributed by atoms with van der Waals surface area (Å²) in [4.78, 5) is 15.5. The highest BCUT2D eigenvalue weighted by molar-refractivity contribution is 5.86. The molecule has 6 nitrogen and oxygen atoms in total. The topological polar surface area (TPSA) is 79.0 Å². The number of rotatable bonds is 0. The minimum atomic E-state index is -1.52. The van der Waals surface area contributed by atoms with Gasteiger partial charge in [-0.3, -0.25) is 20.3 Å². The smallest absolute Gasteiger partial charge is 0.273 e. The van der Waals surface area contributed by atoms with Crippen molar-refractivity contribution in [2.75, 3.05) is 19.6 Å². The number of carbonyl (C=O) groups is 1. The van der Waals surface area contributed by atoms with Crippen LogP contribution in [0.25, 0.3) is 0 Å². The van der Waals surface area contributed by atoms with Gasteiger partial charge in [0, 0.05) is 13.1 Å². The molecule has 1 amide bonds. The van der Waals surface area contributed by atoms with Gasteiger partial charge < -0.3 is 9.84 Å². The fourth-order valence-corrected chi connectivity index (χ4v) is 3.08. The van der Waals surface area contributed by atoms with Gasteiger partial charge in [-0.2, -0.15) is 0 Å².